The second kappa shape index (κ2) is 10.3. The van der Waals surface area contributed by atoms with Crippen LogP contribution >= 0.6 is 22.6 Å². The summed E-state index contributed by atoms with van der Waals surface area (Å²) in [4.78, 5) is 0. The van der Waals surface area contributed by atoms with Crippen molar-refractivity contribution in [2.75, 3.05) is 13.2 Å². The van der Waals surface area contributed by atoms with Crippen LogP contribution in [0.15, 0.2) is 60.7 Å². The molecule has 0 amide bonds. The zero-order valence-electron chi connectivity index (χ0n) is 14.4. The van der Waals surface area contributed by atoms with Crippen molar-refractivity contribution in [3.63, 3.8) is 0 Å². The van der Waals surface area contributed by atoms with E-state index < -0.39 is 0 Å². The van der Waals surface area contributed by atoms with E-state index in [4.69, 9.17) is 14.2 Å². The molecule has 25 heavy (non-hydrogen) atoms. The maximum atomic E-state index is 6.01. The van der Waals surface area contributed by atoms with Crippen molar-refractivity contribution in [3.8, 4) is 0 Å². The van der Waals surface area contributed by atoms with Crippen LogP contribution in [-0.4, -0.2) is 29.5 Å². The van der Waals surface area contributed by atoms with Crippen molar-refractivity contribution in [1.82, 2.24) is 0 Å². The molecule has 0 spiro atoms. The molecule has 1 aliphatic heterocycles. The summed E-state index contributed by atoms with van der Waals surface area (Å²) in [5, 5.41) is 0. The van der Waals surface area contributed by atoms with Gasteiger partial charge in [0, 0.05) is 0 Å². The highest BCUT2D eigenvalue weighted by atomic mass is 127. The number of hydrogen-bond donors (Lipinski definition) is 0. The molecule has 1 fully saturated rings. The second-order valence-electron chi connectivity index (χ2n) is 6.34. The van der Waals surface area contributed by atoms with Crippen LogP contribution in [0.4, 0.5) is 0 Å². The number of ether oxygens (including phenoxy) is 3. The Morgan fingerprint density at radius 1 is 0.960 bits per heavy atom. The Morgan fingerprint density at radius 2 is 1.64 bits per heavy atom. The average Bonchev–Trinajstić information content (AvgIpc) is 3.00. The Morgan fingerprint density at radius 3 is 2.36 bits per heavy atom. The van der Waals surface area contributed by atoms with Crippen LogP contribution in [0, 0.1) is 0 Å². The van der Waals surface area contributed by atoms with Crippen LogP contribution in [0.2, 0.25) is 0 Å². The number of halogens is 1. The maximum Gasteiger partial charge on any atom is 0.169 e. The molecule has 1 heterocycles. The number of alkyl halides is 1. The molecule has 0 N–H and O–H groups in total. The molecule has 3 atom stereocenters. The topological polar surface area (TPSA) is 27.7 Å². The third-order valence-corrected chi connectivity index (χ3v) is 5.36. The van der Waals surface area contributed by atoms with E-state index in [-0.39, 0.29) is 12.4 Å². The molecule has 0 saturated carbocycles. The molecular weight excluding hydrogens is 427 g/mol. The molecule has 2 aromatic carbocycles. The van der Waals surface area contributed by atoms with Crippen molar-refractivity contribution in [2.45, 2.75) is 42.2 Å². The van der Waals surface area contributed by atoms with Gasteiger partial charge >= 0.3 is 0 Å². The third-order valence-electron chi connectivity index (χ3n) is 4.26. The SMILES string of the molecule is I[C@@H]1C[C@@H](COCc2ccccc2)O[C@@H]1OCCCc1ccccc1. The fraction of sp³-hybridized carbons (Fsp3) is 0.429. The van der Waals surface area contributed by atoms with Crippen LogP contribution in [-0.2, 0) is 27.2 Å². The number of aryl methyl sites for hydroxylation is 1. The summed E-state index contributed by atoms with van der Waals surface area (Å²) in [6.07, 6.45) is 3.07. The minimum atomic E-state index is -0.110. The van der Waals surface area contributed by atoms with Gasteiger partial charge < -0.3 is 14.2 Å². The normalized spacial score (nSPS) is 23.0. The van der Waals surface area contributed by atoms with E-state index in [0.717, 1.165) is 25.9 Å². The van der Waals surface area contributed by atoms with Gasteiger partial charge in [0.2, 0.25) is 0 Å². The molecule has 1 saturated heterocycles. The highest BCUT2D eigenvalue weighted by Crippen LogP contribution is 2.28. The van der Waals surface area contributed by atoms with E-state index in [1.807, 2.05) is 24.3 Å². The first-order valence-corrected chi connectivity index (χ1v) is 10.1. The smallest absolute Gasteiger partial charge is 0.169 e. The first-order valence-electron chi connectivity index (χ1n) is 8.88. The van der Waals surface area contributed by atoms with Gasteiger partial charge in [-0.1, -0.05) is 83.3 Å². The van der Waals surface area contributed by atoms with Crippen LogP contribution in [0.25, 0.3) is 0 Å². The lowest BCUT2D eigenvalue weighted by molar-refractivity contribution is -0.142. The summed E-state index contributed by atoms with van der Waals surface area (Å²) in [7, 11) is 0. The Kier molecular flexibility index (Phi) is 7.73. The molecule has 1 aliphatic rings. The summed E-state index contributed by atoms with van der Waals surface area (Å²) >= 11 is 2.43. The number of benzene rings is 2. The Balaban J connectivity index is 1.31. The summed E-state index contributed by atoms with van der Waals surface area (Å²) in [5.41, 5.74) is 2.55. The standard InChI is InChI=1S/C21H25IO3/c22-20-14-19(16-23-15-18-10-5-2-6-11-18)25-21(20)24-13-7-12-17-8-3-1-4-9-17/h1-6,8-11,19-21H,7,12-16H2/t19-,20+,21-/m0/s1. The molecule has 0 bridgehead atoms. The van der Waals surface area contributed by atoms with Crippen LogP contribution in [0.1, 0.15) is 24.0 Å². The van der Waals surface area contributed by atoms with Gasteiger partial charge in [0.25, 0.3) is 0 Å². The molecule has 3 rings (SSSR count). The molecule has 0 unspecified atom stereocenters. The van der Waals surface area contributed by atoms with Crippen molar-refractivity contribution >= 4 is 22.6 Å². The highest BCUT2D eigenvalue weighted by molar-refractivity contribution is 14.1. The zero-order valence-corrected chi connectivity index (χ0v) is 16.5. The molecule has 0 radical (unpaired) electrons. The van der Waals surface area contributed by atoms with Gasteiger partial charge in [-0.05, 0) is 30.4 Å². The number of hydrogen-bond acceptors (Lipinski definition) is 3. The predicted molar refractivity (Wildman–Crippen MR) is 108 cm³/mol. The van der Waals surface area contributed by atoms with E-state index in [2.05, 4.69) is 59.0 Å². The maximum absolute atomic E-state index is 6.01. The Bertz CT molecular complexity index is 605. The van der Waals surface area contributed by atoms with Gasteiger partial charge in [-0.15, -0.1) is 0 Å². The Hall–Kier alpha value is -0.950. The van der Waals surface area contributed by atoms with Crippen LogP contribution in [0.5, 0.6) is 0 Å². The van der Waals surface area contributed by atoms with Gasteiger partial charge in [0.1, 0.15) is 0 Å². The largest absolute Gasteiger partial charge is 0.374 e. The van der Waals surface area contributed by atoms with Gasteiger partial charge in [-0.3, -0.25) is 0 Å². The first-order chi connectivity index (χ1) is 12.3. The minimum Gasteiger partial charge on any atom is -0.374 e. The summed E-state index contributed by atoms with van der Waals surface area (Å²) < 4.78 is 18.1. The van der Waals surface area contributed by atoms with Gasteiger partial charge in [0.05, 0.1) is 29.8 Å². The van der Waals surface area contributed by atoms with E-state index in [1.165, 1.54) is 11.1 Å². The van der Waals surface area contributed by atoms with E-state index in [9.17, 15) is 0 Å². The zero-order chi connectivity index (χ0) is 17.3. The quantitative estimate of drug-likeness (QED) is 0.312. The average molecular weight is 452 g/mol. The van der Waals surface area contributed by atoms with E-state index >= 15 is 0 Å². The fourth-order valence-corrected chi connectivity index (χ4v) is 3.89. The molecule has 2 aromatic rings. The van der Waals surface area contributed by atoms with Crippen molar-refractivity contribution in [2.24, 2.45) is 0 Å². The minimum absolute atomic E-state index is 0.110. The van der Waals surface area contributed by atoms with Crippen LogP contribution in [0.3, 0.4) is 0 Å². The summed E-state index contributed by atoms with van der Waals surface area (Å²) in [6, 6.07) is 20.8. The van der Waals surface area contributed by atoms with Gasteiger partial charge in [0.15, 0.2) is 6.29 Å². The summed E-state index contributed by atoms with van der Waals surface area (Å²) in [5.74, 6) is 0. The fourth-order valence-electron chi connectivity index (χ4n) is 2.95. The molecule has 0 aromatic heterocycles. The monoisotopic (exact) mass is 452 g/mol. The van der Waals surface area contributed by atoms with Gasteiger partial charge in [-0.2, -0.15) is 0 Å². The van der Waals surface area contributed by atoms with Crippen molar-refractivity contribution < 1.29 is 14.2 Å². The summed E-state index contributed by atoms with van der Waals surface area (Å²) in [6.45, 7) is 1.99. The van der Waals surface area contributed by atoms with Crippen LogP contribution < -0.4 is 0 Å². The third kappa shape index (κ3) is 6.37. The lowest BCUT2D eigenvalue weighted by atomic mass is 10.1. The molecular formula is C21H25IO3. The predicted octanol–water partition coefficient (Wildman–Crippen LogP) is 4.77. The molecule has 3 nitrogen and oxygen atoms in total. The lowest BCUT2D eigenvalue weighted by Crippen LogP contribution is -2.22. The molecule has 4 heteroatoms. The Labute approximate surface area is 163 Å². The molecule has 0 aliphatic carbocycles. The second-order valence-corrected chi connectivity index (χ2v) is 7.94. The first kappa shape index (κ1) is 18.8. The molecule has 134 valence electrons. The number of rotatable bonds is 9. The van der Waals surface area contributed by atoms with Gasteiger partial charge in [-0.25, -0.2) is 0 Å². The van der Waals surface area contributed by atoms with E-state index in [0.29, 0.717) is 17.1 Å². The lowest BCUT2D eigenvalue weighted by Gasteiger charge is -2.16. The van der Waals surface area contributed by atoms with Crippen molar-refractivity contribution in [1.29, 1.82) is 0 Å². The highest BCUT2D eigenvalue weighted by Gasteiger charge is 2.34. The van der Waals surface area contributed by atoms with Crippen molar-refractivity contribution in [3.05, 3.63) is 71.8 Å². The van der Waals surface area contributed by atoms with E-state index in [1.54, 1.807) is 0 Å².